The minimum atomic E-state index is -4.58. The van der Waals surface area contributed by atoms with E-state index in [2.05, 4.69) is 15.2 Å². The number of aromatic nitrogens is 1. The number of ether oxygens (including phenoxy) is 1. The third kappa shape index (κ3) is 5.75. The Kier molecular flexibility index (Phi) is 7.61. The van der Waals surface area contributed by atoms with Crippen molar-refractivity contribution in [1.29, 1.82) is 0 Å². The molecule has 0 radical (unpaired) electrons. The molecule has 1 aromatic heterocycles. The normalized spacial score (nSPS) is 24.4. The van der Waals surface area contributed by atoms with E-state index in [0.29, 0.717) is 66.7 Å². The third-order valence-corrected chi connectivity index (χ3v) is 11.1. The molecule has 252 valence electrons. The predicted molar refractivity (Wildman–Crippen MR) is 169 cm³/mol. The predicted octanol–water partition coefficient (Wildman–Crippen LogP) is 5.57. The van der Waals surface area contributed by atoms with E-state index >= 15 is 4.39 Å². The first-order valence-corrected chi connectivity index (χ1v) is 16.6. The average Bonchev–Trinajstić information content (AvgIpc) is 3.72. The van der Waals surface area contributed by atoms with Gasteiger partial charge in [-0.3, -0.25) is 9.79 Å². The topological polar surface area (TPSA) is 85.3 Å². The Morgan fingerprint density at radius 2 is 1.68 bits per heavy atom. The number of hydrogen-bond donors (Lipinski definition) is 1. The van der Waals surface area contributed by atoms with Gasteiger partial charge in [0.2, 0.25) is 0 Å². The van der Waals surface area contributed by atoms with Gasteiger partial charge in [-0.2, -0.15) is 13.2 Å². The van der Waals surface area contributed by atoms with Crippen molar-refractivity contribution in [3.05, 3.63) is 52.6 Å². The Labute approximate surface area is 272 Å². The minimum Gasteiger partial charge on any atom is -0.399 e. The van der Waals surface area contributed by atoms with Crippen LogP contribution in [0.2, 0.25) is 0 Å². The van der Waals surface area contributed by atoms with Gasteiger partial charge in [-0.05, 0) is 95.9 Å². The molecule has 47 heavy (non-hydrogen) atoms. The number of halogens is 4. The number of amidine groups is 1. The number of piperidine rings is 1. The second-order valence-corrected chi connectivity index (χ2v) is 15.0. The molecule has 2 saturated heterocycles. The lowest BCUT2D eigenvalue weighted by Crippen LogP contribution is -2.49. The molecule has 2 aromatic rings. The molecule has 8 nitrogen and oxygen atoms in total. The third-order valence-electron chi connectivity index (χ3n) is 11.1. The van der Waals surface area contributed by atoms with E-state index in [1.807, 2.05) is 40.7 Å². The lowest BCUT2D eigenvalue weighted by molar-refractivity contribution is -0.141. The lowest BCUT2D eigenvalue weighted by Gasteiger charge is -2.39. The number of aliphatic imine (C=N–C) groups is 1. The number of alkyl halides is 3. The molecule has 13 heteroatoms. The molecule has 2 saturated carbocycles. The second-order valence-electron chi connectivity index (χ2n) is 15.0. The summed E-state index contributed by atoms with van der Waals surface area (Å²) in [7, 11) is -0.750. The minimum absolute atomic E-state index is 0.127. The lowest BCUT2D eigenvalue weighted by atomic mass is 9.67. The summed E-state index contributed by atoms with van der Waals surface area (Å²) in [5.41, 5.74) is -1.30. The fourth-order valence-electron chi connectivity index (χ4n) is 6.93. The summed E-state index contributed by atoms with van der Waals surface area (Å²) in [4.78, 5) is 24.5. The number of carbonyl (C=O) groups excluding carboxylic acids is 1. The van der Waals surface area contributed by atoms with E-state index in [0.717, 1.165) is 25.3 Å². The molecule has 3 aliphatic heterocycles. The zero-order valence-corrected chi connectivity index (χ0v) is 27.5. The highest BCUT2D eigenvalue weighted by Gasteiger charge is 2.53. The average molecular weight is 657 g/mol. The monoisotopic (exact) mass is 656 g/mol. The molecule has 1 aromatic carbocycles. The summed E-state index contributed by atoms with van der Waals surface area (Å²) in [6.07, 6.45) is 0.480. The van der Waals surface area contributed by atoms with Gasteiger partial charge in [-0.15, -0.1) is 0 Å². The summed E-state index contributed by atoms with van der Waals surface area (Å²) in [5, 5.41) is 2.88. The van der Waals surface area contributed by atoms with Gasteiger partial charge in [0.05, 0.1) is 29.6 Å². The fraction of sp³-hybridized carbons (Fsp3) is 0.618. The molecule has 4 heterocycles. The fourth-order valence-corrected chi connectivity index (χ4v) is 6.93. The number of rotatable bonds is 7. The van der Waals surface area contributed by atoms with Gasteiger partial charge < -0.3 is 24.3 Å². The maximum atomic E-state index is 15.9. The molecule has 7 rings (SSSR count). The van der Waals surface area contributed by atoms with Gasteiger partial charge in [0.15, 0.2) is 0 Å². The van der Waals surface area contributed by atoms with Gasteiger partial charge in [0.25, 0.3) is 5.91 Å². The molecule has 0 bridgehead atoms. The van der Waals surface area contributed by atoms with Crippen LogP contribution in [-0.4, -0.2) is 59.8 Å². The Morgan fingerprint density at radius 1 is 1.02 bits per heavy atom. The summed E-state index contributed by atoms with van der Waals surface area (Å²) < 4.78 is 75.1. The van der Waals surface area contributed by atoms with Gasteiger partial charge >= 0.3 is 13.3 Å². The first-order chi connectivity index (χ1) is 22.0. The number of benzene rings is 1. The number of pyridine rings is 1. The van der Waals surface area contributed by atoms with Gasteiger partial charge in [-0.25, -0.2) is 9.37 Å². The first kappa shape index (κ1) is 32.5. The summed E-state index contributed by atoms with van der Waals surface area (Å²) in [6.45, 7) is 10.6. The molecular weight excluding hydrogens is 615 g/mol. The SMILES string of the molecule is CC1(c2nc(C(F)(F)F)ccc2C2=NC3(CCN(c4cc(B5OC(C)(C)C(C)(C)O5)cc(F)c4COC4CC4)CC3)C(=O)N2)CCC1. The molecule has 1 spiro atoms. The van der Waals surface area contributed by atoms with Crippen molar-refractivity contribution in [2.75, 3.05) is 18.0 Å². The molecule has 1 N–H and O–H groups in total. The van der Waals surface area contributed by atoms with Crippen LogP contribution < -0.4 is 15.7 Å². The zero-order chi connectivity index (χ0) is 33.6. The summed E-state index contributed by atoms with van der Waals surface area (Å²) >= 11 is 0. The van der Waals surface area contributed by atoms with E-state index in [1.165, 1.54) is 12.1 Å². The van der Waals surface area contributed by atoms with E-state index in [4.69, 9.17) is 19.0 Å². The quantitative estimate of drug-likeness (QED) is 0.310. The maximum Gasteiger partial charge on any atom is 0.495 e. The first-order valence-electron chi connectivity index (χ1n) is 16.6. The van der Waals surface area contributed by atoms with Gasteiger partial charge in [0.1, 0.15) is 22.9 Å². The van der Waals surface area contributed by atoms with E-state index in [-0.39, 0.29) is 24.5 Å². The molecular formula is C34H41BF4N4O4. The number of anilines is 1. The zero-order valence-electron chi connectivity index (χ0n) is 27.5. The highest BCUT2D eigenvalue weighted by Crippen LogP contribution is 2.46. The van der Waals surface area contributed by atoms with Gasteiger partial charge in [-0.1, -0.05) is 13.3 Å². The molecule has 0 unspecified atom stereocenters. The smallest absolute Gasteiger partial charge is 0.399 e. The van der Waals surface area contributed by atoms with Crippen LogP contribution in [0.1, 0.15) is 102 Å². The van der Waals surface area contributed by atoms with Gasteiger partial charge in [0, 0.05) is 35.3 Å². The Hall–Kier alpha value is -3.03. The van der Waals surface area contributed by atoms with E-state index in [1.54, 1.807) is 0 Å². The second kappa shape index (κ2) is 11.0. The van der Waals surface area contributed by atoms with Crippen LogP contribution in [0.15, 0.2) is 29.3 Å². The van der Waals surface area contributed by atoms with Crippen LogP contribution in [-0.2, 0) is 37.0 Å². The molecule has 4 fully saturated rings. The van der Waals surface area contributed by atoms with Crippen molar-refractivity contribution in [2.24, 2.45) is 4.99 Å². The van der Waals surface area contributed by atoms with Crippen LogP contribution >= 0.6 is 0 Å². The number of hydrogen-bond acceptors (Lipinski definition) is 7. The molecule has 0 atom stereocenters. The Bertz CT molecular complexity index is 1610. The highest BCUT2D eigenvalue weighted by atomic mass is 19.4. The Morgan fingerprint density at radius 3 is 2.26 bits per heavy atom. The van der Waals surface area contributed by atoms with Crippen molar-refractivity contribution >= 4 is 30.0 Å². The van der Waals surface area contributed by atoms with Crippen molar-refractivity contribution in [1.82, 2.24) is 10.3 Å². The van der Waals surface area contributed by atoms with Crippen molar-refractivity contribution in [3.63, 3.8) is 0 Å². The number of carbonyl (C=O) groups is 1. The molecule has 1 amide bonds. The van der Waals surface area contributed by atoms with Crippen LogP contribution in [0.5, 0.6) is 0 Å². The molecule has 5 aliphatic rings. The number of amides is 1. The van der Waals surface area contributed by atoms with Crippen molar-refractivity contribution in [2.45, 2.75) is 121 Å². The van der Waals surface area contributed by atoms with E-state index < -0.39 is 47.0 Å². The molecule has 2 aliphatic carbocycles. The number of nitrogens with one attached hydrogen (secondary N) is 1. The van der Waals surface area contributed by atoms with Crippen LogP contribution in [0.3, 0.4) is 0 Å². The van der Waals surface area contributed by atoms with Crippen LogP contribution in [0.25, 0.3) is 0 Å². The van der Waals surface area contributed by atoms with E-state index in [9.17, 15) is 18.0 Å². The summed E-state index contributed by atoms with van der Waals surface area (Å²) in [6, 6.07) is 5.70. The van der Waals surface area contributed by atoms with Crippen LogP contribution in [0.4, 0.5) is 23.2 Å². The largest absolute Gasteiger partial charge is 0.495 e. The summed E-state index contributed by atoms with van der Waals surface area (Å²) in [5.74, 6) is -0.426. The van der Waals surface area contributed by atoms with Crippen LogP contribution in [0, 0.1) is 5.82 Å². The number of nitrogens with zero attached hydrogens (tertiary/aromatic N) is 3. The van der Waals surface area contributed by atoms with Crippen molar-refractivity contribution in [3.8, 4) is 0 Å². The standard InChI is InChI=1S/C34H41BF4N4O4/c1-30(2)31(3,4)47-35(46-30)20-17-24(36)23(19-45-21-7-8-21)25(18-20)43-15-13-33(14-16-43)29(44)41-28(42-33)22-9-10-26(34(37,38)39)40-27(22)32(5)11-6-12-32/h9-10,17-18,21H,6-8,11-16,19H2,1-5H3,(H,41,42,44). The highest BCUT2D eigenvalue weighted by molar-refractivity contribution is 6.62. The Balaban J connectivity index is 1.17. The van der Waals surface area contributed by atoms with Crippen molar-refractivity contribution < 1.29 is 36.4 Å². The maximum absolute atomic E-state index is 15.9.